The number of nitrogens with zero attached hydrogens (tertiary/aromatic N) is 1. The Labute approximate surface area is 145 Å². The topological polar surface area (TPSA) is 59.1 Å². The Hall–Kier alpha value is -2.31. The van der Waals surface area contributed by atoms with Crippen molar-refractivity contribution in [1.29, 1.82) is 0 Å². The molecule has 0 saturated carbocycles. The van der Waals surface area contributed by atoms with Gasteiger partial charge in [-0.05, 0) is 55.2 Å². The molecule has 1 unspecified atom stereocenters. The van der Waals surface area contributed by atoms with Crippen molar-refractivity contribution in [1.82, 2.24) is 9.71 Å². The summed E-state index contributed by atoms with van der Waals surface area (Å²) in [6, 6.07) is 11.4. The van der Waals surface area contributed by atoms with Crippen LogP contribution >= 0.6 is 0 Å². The Morgan fingerprint density at radius 2 is 2.00 bits per heavy atom. The Kier molecular flexibility index (Phi) is 3.81. The predicted molar refractivity (Wildman–Crippen MR) is 94.3 cm³/mol. The highest BCUT2D eigenvalue weighted by molar-refractivity contribution is 7.89. The van der Waals surface area contributed by atoms with Crippen LogP contribution in [0.2, 0.25) is 0 Å². The van der Waals surface area contributed by atoms with Crippen LogP contribution in [0.15, 0.2) is 53.6 Å². The van der Waals surface area contributed by atoms with E-state index in [1.807, 2.05) is 19.1 Å². The average Bonchev–Trinajstić information content (AvgIpc) is 2.95. The molecular weight excluding hydrogens is 339 g/mol. The molecule has 0 saturated heterocycles. The number of sulfonamides is 1. The summed E-state index contributed by atoms with van der Waals surface area (Å²) in [6.07, 6.45) is 2.90. The minimum absolute atomic E-state index is 0.0474. The van der Waals surface area contributed by atoms with Gasteiger partial charge in [-0.3, -0.25) is 4.98 Å². The number of halogens is 1. The van der Waals surface area contributed by atoms with Crippen molar-refractivity contribution in [3.8, 4) is 0 Å². The number of rotatable bonds is 3. The van der Waals surface area contributed by atoms with Crippen molar-refractivity contribution in [2.24, 2.45) is 0 Å². The van der Waals surface area contributed by atoms with Gasteiger partial charge >= 0.3 is 0 Å². The number of benzene rings is 2. The van der Waals surface area contributed by atoms with Crippen molar-refractivity contribution in [2.45, 2.75) is 30.7 Å². The molecule has 1 aromatic heterocycles. The number of nitrogens with one attached hydrogen (secondary N) is 1. The third-order valence-corrected chi connectivity index (χ3v) is 6.04. The largest absolute Gasteiger partial charge is 0.255 e. The molecule has 4 rings (SSSR count). The summed E-state index contributed by atoms with van der Waals surface area (Å²) in [5.74, 6) is -0.420. The second-order valence-corrected chi connectivity index (χ2v) is 8.14. The van der Waals surface area contributed by atoms with Gasteiger partial charge < -0.3 is 0 Å². The standard InChI is InChI=1S/C19H17FN2O2S/c1-12-2-5-17-13(8-12)3-6-19(17)22-25(23,24)16-10-14-9-15(20)4-7-18(14)21-11-16/h2,4-5,7-11,19,22H,3,6H2,1H3. The van der Waals surface area contributed by atoms with E-state index < -0.39 is 15.8 Å². The maximum absolute atomic E-state index is 13.4. The number of fused-ring (bicyclic) bond motifs is 2. The first-order valence-corrected chi connectivity index (χ1v) is 9.58. The monoisotopic (exact) mass is 356 g/mol. The Balaban J connectivity index is 1.67. The van der Waals surface area contributed by atoms with E-state index >= 15 is 0 Å². The first-order valence-electron chi connectivity index (χ1n) is 8.09. The van der Waals surface area contributed by atoms with Gasteiger partial charge in [-0.25, -0.2) is 17.5 Å². The molecule has 0 bridgehead atoms. The maximum atomic E-state index is 13.4. The molecule has 2 aromatic carbocycles. The SMILES string of the molecule is Cc1ccc2c(c1)CCC2NS(=O)(=O)c1cnc2ccc(F)cc2c1. The van der Waals surface area contributed by atoms with Crippen molar-refractivity contribution in [3.63, 3.8) is 0 Å². The minimum Gasteiger partial charge on any atom is -0.255 e. The predicted octanol–water partition coefficient (Wildman–Crippen LogP) is 3.65. The van der Waals surface area contributed by atoms with Gasteiger partial charge in [-0.2, -0.15) is 0 Å². The summed E-state index contributed by atoms with van der Waals surface area (Å²) < 4.78 is 41.7. The highest BCUT2D eigenvalue weighted by Crippen LogP contribution is 2.33. The van der Waals surface area contributed by atoms with Gasteiger partial charge in [0, 0.05) is 17.6 Å². The van der Waals surface area contributed by atoms with Crippen LogP contribution in [0, 0.1) is 12.7 Å². The van der Waals surface area contributed by atoms with Crippen LogP contribution in [-0.4, -0.2) is 13.4 Å². The van der Waals surface area contributed by atoms with E-state index in [9.17, 15) is 12.8 Å². The molecule has 1 heterocycles. The van der Waals surface area contributed by atoms with E-state index in [2.05, 4.69) is 15.8 Å². The number of pyridine rings is 1. The van der Waals surface area contributed by atoms with E-state index in [0.29, 0.717) is 10.9 Å². The molecule has 0 radical (unpaired) electrons. The Morgan fingerprint density at radius 3 is 2.84 bits per heavy atom. The molecule has 25 heavy (non-hydrogen) atoms. The van der Waals surface area contributed by atoms with Crippen molar-refractivity contribution < 1.29 is 12.8 Å². The van der Waals surface area contributed by atoms with Gasteiger partial charge in [0.2, 0.25) is 10.0 Å². The van der Waals surface area contributed by atoms with Crippen LogP contribution in [0.25, 0.3) is 10.9 Å². The fraction of sp³-hybridized carbons (Fsp3) is 0.211. The van der Waals surface area contributed by atoms with Crippen molar-refractivity contribution >= 4 is 20.9 Å². The average molecular weight is 356 g/mol. The fourth-order valence-corrected chi connectivity index (χ4v) is 4.58. The highest BCUT2D eigenvalue weighted by atomic mass is 32.2. The van der Waals surface area contributed by atoms with Crippen LogP contribution in [0.1, 0.15) is 29.2 Å². The zero-order chi connectivity index (χ0) is 17.6. The first-order chi connectivity index (χ1) is 11.9. The molecule has 1 aliphatic carbocycles. The molecule has 1 atom stereocenters. The Morgan fingerprint density at radius 1 is 1.16 bits per heavy atom. The first kappa shape index (κ1) is 16.2. The summed E-state index contributed by atoms with van der Waals surface area (Å²) in [5.41, 5.74) is 3.94. The molecular formula is C19H17FN2O2S. The van der Waals surface area contributed by atoms with Crippen LogP contribution in [0.4, 0.5) is 4.39 Å². The van der Waals surface area contributed by atoms with Gasteiger partial charge in [0.1, 0.15) is 10.7 Å². The Bertz CT molecular complexity index is 1080. The number of aryl methyl sites for hydroxylation is 2. The van der Waals surface area contributed by atoms with Gasteiger partial charge in [-0.15, -0.1) is 0 Å². The van der Waals surface area contributed by atoms with E-state index in [1.165, 1.54) is 41.6 Å². The third kappa shape index (κ3) is 3.03. The van der Waals surface area contributed by atoms with Gasteiger partial charge in [0.05, 0.1) is 5.52 Å². The maximum Gasteiger partial charge on any atom is 0.242 e. The van der Waals surface area contributed by atoms with Crippen molar-refractivity contribution in [3.05, 3.63) is 71.2 Å². The fourth-order valence-electron chi connectivity index (χ4n) is 3.35. The van der Waals surface area contributed by atoms with E-state index in [-0.39, 0.29) is 10.9 Å². The molecule has 0 aliphatic heterocycles. The summed E-state index contributed by atoms with van der Waals surface area (Å²) in [6.45, 7) is 2.03. The second kappa shape index (κ2) is 5.89. The number of aromatic nitrogens is 1. The molecule has 6 heteroatoms. The zero-order valence-corrected chi connectivity index (χ0v) is 14.5. The smallest absolute Gasteiger partial charge is 0.242 e. The quantitative estimate of drug-likeness (QED) is 0.779. The summed E-state index contributed by atoms with van der Waals surface area (Å²) >= 11 is 0. The summed E-state index contributed by atoms with van der Waals surface area (Å²) in [5, 5.41) is 0.463. The number of hydrogen-bond acceptors (Lipinski definition) is 3. The van der Waals surface area contributed by atoms with Gasteiger partial charge in [0.15, 0.2) is 0 Å². The molecule has 128 valence electrons. The molecule has 4 nitrogen and oxygen atoms in total. The normalized spacial score (nSPS) is 17.0. The molecule has 1 N–H and O–H groups in total. The van der Waals surface area contributed by atoms with E-state index in [1.54, 1.807) is 0 Å². The lowest BCUT2D eigenvalue weighted by Crippen LogP contribution is -2.27. The molecule has 0 amide bonds. The van der Waals surface area contributed by atoms with Crippen molar-refractivity contribution in [2.75, 3.05) is 0 Å². The van der Waals surface area contributed by atoms with Crippen LogP contribution < -0.4 is 4.72 Å². The third-order valence-electron chi connectivity index (χ3n) is 4.60. The lowest BCUT2D eigenvalue weighted by molar-refractivity contribution is 0.554. The van der Waals surface area contributed by atoms with E-state index in [4.69, 9.17) is 0 Å². The number of hydrogen-bond donors (Lipinski definition) is 1. The second-order valence-electron chi connectivity index (χ2n) is 6.42. The van der Waals surface area contributed by atoms with Crippen LogP contribution in [0.5, 0.6) is 0 Å². The van der Waals surface area contributed by atoms with Gasteiger partial charge in [-0.1, -0.05) is 23.8 Å². The van der Waals surface area contributed by atoms with Gasteiger partial charge in [0.25, 0.3) is 0 Å². The van der Waals surface area contributed by atoms with Crippen LogP contribution in [0.3, 0.4) is 0 Å². The van der Waals surface area contributed by atoms with E-state index in [0.717, 1.165) is 18.4 Å². The zero-order valence-electron chi connectivity index (χ0n) is 13.7. The van der Waals surface area contributed by atoms with Crippen LogP contribution in [-0.2, 0) is 16.4 Å². The molecule has 1 aliphatic rings. The molecule has 0 fully saturated rings. The molecule has 3 aromatic rings. The summed E-state index contributed by atoms with van der Waals surface area (Å²) in [4.78, 5) is 4.18. The highest BCUT2D eigenvalue weighted by Gasteiger charge is 2.27. The lowest BCUT2D eigenvalue weighted by atomic mass is 10.1. The lowest BCUT2D eigenvalue weighted by Gasteiger charge is -2.15. The summed E-state index contributed by atoms with van der Waals surface area (Å²) in [7, 11) is -3.74. The minimum atomic E-state index is -3.74. The molecule has 0 spiro atoms.